The van der Waals surface area contributed by atoms with E-state index < -0.39 is 0 Å². The molecule has 0 atom stereocenters. The Kier molecular flexibility index (Phi) is 5.37. The zero-order valence-electron chi connectivity index (χ0n) is 17.8. The minimum absolute atomic E-state index is 0.100. The first-order valence-electron chi connectivity index (χ1n) is 10.6. The van der Waals surface area contributed by atoms with Crippen molar-refractivity contribution in [3.05, 3.63) is 66.9 Å². The lowest BCUT2D eigenvalue weighted by molar-refractivity contribution is -0.132. The average molecular weight is 429 g/mol. The number of amides is 1. The standard InChI is InChI=1S/C23H24N8O/c1-17-6-7-24-20(12-17)28-21-13-22(26-15-25-21)29-8-10-30(11-9-29)23(32)14-31-16-27-18-4-2-3-5-19(18)31/h2-7,12-13,15-16H,8-11,14H2,1H3,(H,24,25,26,28). The Hall–Kier alpha value is -4.01. The smallest absolute Gasteiger partial charge is 0.242 e. The summed E-state index contributed by atoms with van der Waals surface area (Å²) in [6.07, 6.45) is 5.05. The number of carbonyl (C=O) groups is 1. The SMILES string of the molecule is Cc1ccnc(Nc2cc(N3CCN(C(=O)Cn4cnc5ccccc54)CC3)ncn2)c1. The Bertz CT molecular complexity index is 1250. The summed E-state index contributed by atoms with van der Waals surface area (Å²) < 4.78 is 1.91. The molecule has 3 aromatic heterocycles. The van der Waals surface area contributed by atoms with Gasteiger partial charge in [0, 0.05) is 38.4 Å². The number of rotatable bonds is 5. The molecule has 0 spiro atoms. The largest absolute Gasteiger partial charge is 0.353 e. The molecule has 4 aromatic rings. The third kappa shape index (κ3) is 4.22. The highest BCUT2D eigenvalue weighted by Crippen LogP contribution is 2.19. The highest BCUT2D eigenvalue weighted by atomic mass is 16.2. The topological polar surface area (TPSA) is 92.1 Å². The lowest BCUT2D eigenvalue weighted by Crippen LogP contribution is -2.49. The Labute approximate surface area is 185 Å². The van der Waals surface area contributed by atoms with Crippen LogP contribution in [0.1, 0.15) is 5.56 Å². The van der Waals surface area contributed by atoms with Gasteiger partial charge in [-0.25, -0.2) is 19.9 Å². The van der Waals surface area contributed by atoms with E-state index in [4.69, 9.17) is 0 Å². The first-order chi connectivity index (χ1) is 15.7. The van der Waals surface area contributed by atoms with Crippen molar-refractivity contribution in [3.63, 3.8) is 0 Å². The number of benzene rings is 1. The van der Waals surface area contributed by atoms with Crippen LogP contribution in [0.15, 0.2) is 61.3 Å². The van der Waals surface area contributed by atoms with E-state index in [9.17, 15) is 4.79 Å². The molecule has 1 aromatic carbocycles. The van der Waals surface area contributed by atoms with Crippen LogP contribution < -0.4 is 10.2 Å². The number of aryl methyl sites for hydroxylation is 1. The number of hydrogen-bond donors (Lipinski definition) is 1. The Balaban J connectivity index is 1.20. The van der Waals surface area contributed by atoms with Gasteiger partial charge in [0.05, 0.1) is 17.4 Å². The molecule has 1 fully saturated rings. The molecule has 0 saturated carbocycles. The highest BCUT2D eigenvalue weighted by Gasteiger charge is 2.22. The first-order valence-corrected chi connectivity index (χ1v) is 10.6. The zero-order chi connectivity index (χ0) is 21.9. The van der Waals surface area contributed by atoms with E-state index in [0.717, 1.165) is 41.3 Å². The number of fused-ring (bicyclic) bond motifs is 1. The molecule has 1 aliphatic heterocycles. The van der Waals surface area contributed by atoms with Gasteiger partial charge < -0.3 is 19.7 Å². The number of carbonyl (C=O) groups excluding carboxylic acids is 1. The van der Waals surface area contributed by atoms with Gasteiger partial charge in [0.1, 0.15) is 30.3 Å². The molecule has 9 heteroatoms. The lowest BCUT2D eigenvalue weighted by Gasteiger charge is -2.35. The molecule has 4 heterocycles. The minimum atomic E-state index is 0.100. The van der Waals surface area contributed by atoms with Crippen LogP contribution in [-0.4, -0.2) is 61.5 Å². The van der Waals surface area contributed by atoms with Gasteiger partial charge in [-0.05, 0) is 36.8 Å². The Morgan fingerprint density at radius 2 is 1.78 bits per heavy atom. The van der Waals surface area contributed by atoms with Crippen LogP contribution in [0.3, 0.4) is 0 Å². The quantitative estimate of drug-likeness (QED) is 0.522. The average Bonchev–Trinajstić information content (AvgIpc) is 3.22. The number of nitrogens with zero attached hydrogens (tertiary/aromatic N) is 7. The predicted octanol–water partition coefficient (Wildman–Crippen LogP) is 2.62. The molecule has 0 radical (unpaired) electrons. The van der Waals surface area contributed by atoms with Gasteiger partial charge in [0.25, 0.3) is 0 Å². The predicted molar refractivity (Wildman–Crippen MR) is 123 cm³/mol. The summed E-state index contributed by atoms with van der Waals surface area (Å²) in [4.78, 5) is 34.4. The van der Waals surface area contributed by atoms with Crippen molar-refractivity contribution in [2.75, 3.05) is 36.4 Å². The van der Waals surface area contributed by atoms with Crippen molar-refractivity contribution in [3.8, 4) is 0 Å². The number of para-hydroxylation sites is 2. The van der Waals surface area contributed by atoms with Gasteiger partial charge in [-0.2, -0.15) is 0 Å². The molecule has 32 heavy (non-hydrogen) atoms. The fourth-order valence-electron chi connectivity index (χ4n) is 3.89. The maximum absolute atomic E-state index is 12.9. The Morgan fingerprint density at radius 1 is 0.969 bits per heavy atom. The molecule has 9 nitrogen and oxygen atoms in total. The van der Waals surface area contributed by atoms with E-state index in [-0.39, 0.29) is 5.91 Å². The summed E-state index contributed by atoms with van der Waals surface area (Å²) in [7, 11) is 0. The maximum Gasteiger partial charge on any atom is 0.242 e. The van der Waals surface area contributed by atoms with Crippen LogP contribution >= 0.6 is 0 Å². The molecule has 0 bridgehead atoms. The molecular formula is C23H24N8O. The van der Waals surface area contributed by atoms with E-state index in [1.54, 1.807) is 18.9 Å². The summed E-state index contributed by atoms with van der Waals surface area (Å²) >= 11 is 0. The zero-order valence-corrected chi connectivity index (χ0v) is 17.8. The summed E-state index contributed by atoms with van der Waals surface area (Å²) in [6, 6.07) is 13.7. The summed E-state index contributed by atoms with van der Waals surface area (Å²) in [5.41, 5.74) is 3.00. The van der Waals surface area contributed by atoms with Crippen molar-refractivity contribution in [2.45, 2.75) is 13.5 Å². The van der Waals surface area contributed by atoms with E-state index in [1.807, 2.05) is 58.9 Å². The van der Waals surface area contributed by atoms with E-state index >= 15 is 0 Å². The van der Waals surface area contributed by atoms with Crippen LogP contribution in [0.4, 0.5) is 17.5 Å². The van der Waals surface area contributed by atoms with Crippen LogP contribution in [0.25, 0.3) is 11.0 Å². The number of aromatic nitrogens is 5. The van der Waals surface area contributed by atoms with Gasteiger partial charge in [-0.1, -0.05) is 12.1 Å². The van der Waals surface area contributed by atoms with Crippen LogP contribution in [0, 0.1) is 6.92 Å². The number of hydrogen-bond acceptors (Lipinski definition) is 7. The number of anilines is 3. The maximum atomic E-state index is 12.9. The molecule has 162 valence electrons. The van der Waals surface area contributed by atoms with Crippen molar-refractivity contribution in [2.24, 2.45) is 0 Å². The number of nitrogens with one attached hydrogen (secondary N) is 1. The van der Waals surface area contributed by atoms with E-state index in [1.165, 1.54) is 0 Å². The molecule has 5 rings (SSSR count). The fraction of sp³-hybridized carbons (Fsp3) is 0.261. The minimum Gasteiger partial charge on any atom is -0.353 e. The third-order valence-electron chi connectivity index (χ3n) is 5.61. The Morgan fingerprint density at radius 3 is 2.62 bits per heavy atom. The second kappa shape index (κ2) is 8.62. The molecule has 1 saturated heterocycles. The monoisotopic (exact) mass is 428 g/mol. The first kappa shape index (κ1) is 19.9. The third-order valence-corrected chi connectivity index (χ3v) is 5.61. The summed E-state index contributed by atoms with van der Waals surface area (Å²) in [5, 5.41) is 3.23. The number of pyridine rings is 1. The van der Waals surface area contributed by atoms with Crippen molar-refractivity contribution in [1.29, 1.82) is 0 Å². The summed E-state index contributed by atoms with van der Waals surface area (Å²) in [6.45, 7) is 5.06. The second-order valence-corrected chi connectivity index (χ2v) is 7.83. The van der Waals surface area contributed by atoms with Crippen LogP contribution in [0.2, 0.25) is 0 Å². The molecule has 1 aliphatic rings. The van der Waals surface area contributed by atoms with Crippen molar-refractivity contribution in [1.82, 2.24) is 29.4 Å². The van der Waals surface area contributed by atoms with Gasteiger partial charge >= 0.3 is 0 Å². The van der Waals surface area contributed by atoms with E-state index in [0.29, 0.717) is 25.5 Å². The van der Waals surface area contributed by atoms with Crippen molar-refractivity contribution >= 4 is 34.4 Å². The number of imidazole rings is 1. The van der Waals surface area contributed by atoms with Gasteiger partial charge in [-0.15, -0.1) is 0 Å². The molecule has 0 aliphatic carbocycles. The normalized spacial score (nSPS) is 14.0. The highest BCUT2D eigenvalue weighted by molar-refractivity contribution is 5.80. The second-order valence-electron chi connectivity index (χ2n) is 7.83. The molecule has 0 unspecified atom stereocenters. The molecule has 1 amide bonds. The lowest BCUT2D eigenvalue weighted by atomic mass is 10.3. The van der Waals surface area contributed by atoms with Crippen LogP contribution in [0.5, 0.6) is 0 Å². The van der Waals surface area contributed by atoms with Crippen LogP contribution in [-0.2, 0) is 11.3 Å². The van der Waals surface area contributed by atoms with Gasteiger partial charge in [0.2, 0.25) is 5.91 Å². The van der Waals surface area contributed by atoms with E-state index in [2.05, 4.69) is 30.2 Å². The van der Waals surface area contributed by atoms with Gasteiger partial charge in [0.15, 0.2) is 0 Å². The van der Waals surface area contributed by atoms with Gasteiger partial charge in [-0.3, -0.25) is 4.79 Å². The fourth-order valence-corrected chi connectivity index (χ4v) is 3.89. The van der Waals surface area contributed by atoms with Crippen molar-refractivity contribution < 1.29 is 4.79 Å². The number of piperazine rings is 1. The summed E-state index contributed by atoms with van der Waals surface area (Å²) in [5.74, 6) is 2.38. The molecule has 1 N–H and O–H groups in total. The molecular weight excluding hydrogens is 404 g/mol.